The summed E-state index contributed by atoms with van der Waals surface area (Å²) in [6.45, 7) is 0. The fraction of sp³-hybridized carbons (Fsp3) is 0. The van der Waals surface area contributed by atoms with Crippen LogP contribution in [0.5, 0.6) is 0 Å². The van der Waals surface area contributed by atoms with Crippen molar-refractivity contribution < 1.29 is 4.79 Å². The topological polar surface area (TPSA) is 52.9 Å². The van der Waals surface area contributed by atoms with Crippen molar-refractivity contribution in [1.82, 2.24) is 5.32 Å². The van der Waals surface area contributed by atoms with Crippen LogP contribution in [0.3, 0.4) is 0 Å². The minimum atomic E-state index is -0.415. The number of amides is 1. The molecule has 0 atom stereocenters. The fourth-order valence-corrected chi connectivity index (χ4v) is 2.02. The summed E-state index contributed by atoms with van der Waals surface area (Å²) in [5.74, 6) is -0.415. The van der Waals surface area contributed by atoms with Gasteiger partial charge in [-0.05, 0) is 34.1 Å². The predicted molar refractivity (Wildman–Crippen MR) is 54.9 cm³/mol. The highest BCUT2D eigenvalue weighted by molar-refractivity contribution is 9.11. The predicted octanol–water partition coefficient (Wildman–Crippen LogP) is 2.42. The number of hydrogen-bond acceptors (Lipinski definition) is 2. The Hall–Kier alpha value is -0.860. The van der Waals surface area contributed by atoms with Gasteiger partial charge in [-0.2, -0.15) is 5.26 Å². The molecule has 0 heterocycles. The third kappa shape index (κ3) is 2.54. The second-order valence-corrected chi connectivity index (χ2v) is 3.96. The van der Waals surface area contributed by atoms with Crippen molar-refractivity contribution in [3.63, 3.8) is 0 Å². The Morgan fingerprint density at radius 3 is 2.69 bits per heavy atom. The van der Waals surface area contributed by atoms with Gasteiger partial charge in [-0.15, -0.1) is 0 Å². The van der Waals surface area contributed by atoms with Crippen LogP contribution in [0.25, 0.3) is 0 Å². The summed E-state index contributed by atoms with van der Waals surface area (Å²) in [4.78, 5) is 11.2. The highest BCUT2D eigenvalue weighted by Crippen LogP contribution is 2.21. The van der Waals surface area contributed by atoms with Gasteiger partial charge >= 0.3 is 0 Å². The average Bonchev–Trinajstić information content (AvgIpc) is 2.04. The zero-order valence-corrected chi connectivity index (χ0v) is 9.52. The first-order valence-electron chi connectivity index (χ1n) is 3.29. The van der Waals surface area contributed by atoms with Crippen LogP contribution in [-0.4, -0.2) is 5.91 Å². The van der Waals surface area contributed by atoms with E-state index < -0.39 is 5.91 Å². The van der Waals surface area contributed by atoms with Gasteiger partial charge in [-0.25, -0.2) is 0 Å². The second-order valence-electron chi connectivity index (χ2n) is 2.19. The Morgan fingerprint density at radius 1 is 1.46 bits per heavy atom. The first kappa shape index (κ1) is 10.2. The number of benzene rings is 1. The van der Waals surface area contributed by atoms with Crippen LogP contribution in [0.2, 0.25) is 0 Å². The summed E-state index contributed by atoms with van der Waals surface area (Å²) in [6, 6.07) is 5.10. The fourth-order valence-electron chi connectivity index (χ4n) is 0.792. The van der Waals surface area contributed by atoms with Crippen molar-refractivity contribution in [3.8, 4) is 6.19 Å². The van der Waals surface area contributed by atoms with Crippen LogP contribution >= 0.6 is 31.9 Å². The summed E-state index contributed by atoms with van der Waals surface area (Å²) in [6.07, 6.45) is 1.58. The van der Waals surface area contributed by atoms with Crippen LogP contribution in [-0.2, 0) is 0 Å². The van der Waals surface area contributed by atoms with Gasteiger partial charge in [0.05, 0.1) is 5.56 Å². The monoisotopic (exact) mass is 302 g/mol. The van der Waals surface area contributed by atoms with Gasteiger partial charge in [-0.1, -0.05) is 15.9 Å². The Bertz CT molecular complexity index is 384. The second kappa shape index (κ2) is 4.40. The number of rotatable bonds is 1. The van der Waals surface area contributed by atoms with Gasteiger partial charge in [0.2, 0.25) is 0 Å². The van der Waals surface area contributed by atoms with Crippen LogP contribution in [0.1, 0.15) is 10.4 Å². The standard InChI is InChI=1S/C8H4Br2N2O/c9-5-1-2-6(7(10)3-5)8(13)12-4-11/h1-3H,(H,12,13). The van der Waals surface area contributed by atoms with Gasteiger partial charge < -0.3 is 0 Å². The number of carbonyl (C=O) groups is 1. The molecule has 1 rings (SSSR count). The SMILES string of the molecule is N#CNC(=O)c1ccc(Br)cc1Br. The molecule has 13 heavy (non-hydrogen) atoms. The van der Waals surface area contributed by atoms with Gasteiger partial charge in [0, 0.05) is 8.95 Å². The van der Waals surface area contributed by atoms with E-state index in [2.05, 4.69) is 31.9 Å². The maximum absolute atomic E-state index is 11.2. The van der Waals surface area contributed by atoms with Crippen molar-refractivity contribution in [1.29, 1.82) is 5.26 Å². The first-order valence-corrected chi connectivity index (χ1v) is 4.88. The summed E-state index contributed by atoms with van der Waals surface area (Å²) in [5, 5.41) is 10.3. The molecule has 3 nitrogen and oxygen atoms in total. The maximum Gasteiger partial charge on any atom is 0.265 e. The third-order valence-electron chi connectivity index (χ3n) is 1.35. The number of nitrogens with one attached hydrogen (secondary N) is 1. The quantitative estimate of drug-likeness (QED) is 0.640. The van der Waals surface area contributed by atoms with Crippen LogP contribution in [0.4, 0.5) is 0 Å². The minimum Gasteiger partial charge on any atom is -0.268 e. The van der Waals surface area contributed by atoms with Crippen molar-refractivity contribution in [2.24, 2.45) is 0 Å². The van der Waals surface area contributed by atoms with Gasteiger partial charge in [0.1, 0.15) is 0 Å². The number of carbonyl (C=O) groups excluding carboxylic acids is 1. The molecule has 66 valence electrons. The molecule has 1 aromatic carbocycles. The Morgan fingerprint density at radius 2 is 2.15 bits per heavy atom. The van der Waals surface area contributed by atoms with Crippen molar-refractivity contribution in [2.75, 3.05) is 0 Å². The van der Waals surface area contributed by atoms with E-state index in [9.17, 15) is 4.79 Å². The Kier molecular flexibility index (Phi) is 3.46. The molecule has 0 saturated carbocycles. The van der Waals surface area contributed by atoms with E-state index in [4.69, 9.17) is 5.26 Å². The molecule has 1 amide bonds. The Balaban J connectivity index is 3.03. The number of halogens is 2. The van der Waals surface area contributed by atoms with Crippen LogP contribution < -0.4 is 5.32 Å². The van der Waals surface area contributed by atoms with Gasteiger partial charge in [0.15, 0.2) is 6.19 Å². The first-order chi connectivity index (χ1) is 6.15. The molecule has 0 bridgehead atoms. The molecule has 0 aromatic heterocycles. The van der Waals surface area contributed by atoms with E-state index in [1.165, 1.54) is 0 Å². The third-order valence-corrected chi connectivity index (χ3v) is 2.49. The molecule has 0 fully saturated rings. The van der Waals surface area contributed by atoms with Crippen molar-refractivity contribution in [3.05, 3.63) is 32.7 Å². The summed E-state index contributed by atoms with van der Waals surface area (Å²) in [5.41, 5.74) is 0.435. The Labute approximate surface area is 92.0 Å². The molecule has 0 unspecified atom stereocenters. The van der Waals surface area contributed by atoms with E-state index in [1.807, 2.05) is 5.32 Å². The molecule has 0 spiro atoms. The lowest BCUT2D eigenvalue weighted by atomic mass is 10.2. The molecule has 0 saturated heterocycles. The van der Waals surface area contributed by atoms with E-state index >= 15 is 0 Å². The average molecular weight is 304 g/mol. The molecule has 0 aliphatic carbocycles. The highest BCUT2D eigenvalue weighted by Gasteiger charge is 2.08. The zero-order valence-electron chi connectivity index (χ0n) is 6.34. The number of nitrogens with zero attached hydrogens (tertiary/aromatic N) is 1. The molecule has 1 N–H and O–H groups in total. The van der Waals surface area contributed by atoms with E-state index in [1.54, 1.807) is 24.4 Å². The van der Waals surface area contributed by atoms with Crippen LogP contribution in [0.15, 0.2) is 27.1 Å². The molecule has 0 radical (unpaired) electrons. The molecule has 0 aliphatic heterocycles. The normalized spacial score (nSPS) is 9.00. The van der Waals surface area contributed by atoms with E-state index in [0.29, 0.717) is 10.0 Å². The lowest BCUT2D eigenvalue weighted by Gasteiger charge is -2.01. The van der Waals surface area contributed by atoms with E-state index in [0.717, 1.165) is 4.47 Å². The molecular weight excluding hydrogens is 300 g/mol. The summed E-state index contributed by atoms with van der Waals surface area (Å²) in [7, 11) is 0. The number of hydrogen-bond donors (Lipinski definition) is 1. The lowest BCUT2D eigenvalue weighted by Crippen LogP contribution is -2.17. The molecule has 0 aliphatic rings. The number of nitriles is 1. The maximum atomic E-state index is 11.2. The minimum absolute atomic E-state index is 0.415. The summed E-state index contributed by atoms with van der Waals surface area (Å²) >= 11 is 6.48. The van der Waals surface area contributed by atoms with Crippen LogP contribution in [0, 0.1) is 11.5 Å². The molecular formula is C8H4Br2N2O. The van der Waals surface area contributed by atoms with Crippen molar-refractivity contribution in [2.45, 2.75) is 0 Å². The van der Waals surface area contributed by atoms with Gasteiger partial charge in [0.25, 0.3) is 5.91 Å². The zero-order chi connectivity index (χ0) is 9.84. The van der Waals surface area contributed by atoms with E-state index in [-0.39, 0.29) is 0 Å². The van der Waals surface area contributed by atoms with Gasteiger partial charge in [-0.3, -0.25) is 10.1 Å². The smallest absolute Gasteiger partial charge is 0.265 e. The summed E-state index contributed by atoms with van der Waals surface area (Å²) < 4.78 is 1.52. The largest absolute Gasteiger partial charge is 0.268 e. The molecule has 1 aromatic rings. The molecule has 5 heteroatoms. The van der Waals surface area contributed by atoms with Crippen molar-refractivity contribution >= 4 is 37.8 Å². The lowest BCUT2D eigenvalue weighted by molar-refractivity contribution is 0.0972. The highest BCUT2D eigenvalue weighted by atomic mass is 79.9.